The summed E-state index contributed by atoms with van der Waals surface area (Å²) in [5.41, 5.74) is 0. The molecule has 0 bridgehead atoms. The van der Waals surface area contributed by atoms with Crippen molar-refractivity contribution in [1.29, 1.82) is 0 Å². The predicted octanol–water partition coefficient (Wildman–Crippen LogP) is 5.44. The predicted molar refractivity (Wildman–Crippen MR) is 105 cm³/mol. The molecular weight excluding hydrogens is 460 g/mol. The van der Waals surface area contributed by atoms with Crippen molar-refractivity contribution in [2.24, 2.45) is 0 Å². The summed E-state index contributed by atoms with van der Waals surface area (Å²) in [6.07, 6.45) is 2.63. The average Bonchev–Trinajstić information content (AvgIpc) is 2.77. The number of esters is 1. The monoisotopic (exact) mass is 479 g/mol. The zero-order valence-corrected chi connectivity index (χ0v) is 17.6. The lowest BCUT2D eigenvalue weighted by atomic mass is 10.3. The van der Waals surface area contributed by atoms with E-state index in [9.17, 15) is 31.3 Å². The minimum Gasteiger partial charge on any atom is -0.465 e. The fourth-order valence-corrected chi connectivity index (χ4v) is 3.81. The molecule has 0 fully saturated rings. The van der Waals surface area contributed by atoms with E-state index in [2.05, 4.69) is 16.2 Å². The van der Waals surface area contributed by atoms with Gasteiger partial charge in [0.05, 0.1) is 6.61 Å². The number of rotatable bonds is 11. The number of allylic oxidation sites excluding steroid dienone is 1. The Labute approximate surface area is 180 Å². The lowest BCUT2D eigenvalue weighted by Gasteiger charge is -2.23. The first-order valence-corrected chi connectivity index (χ1v) is 10.7. The lowest BCUT2D eigenvalue weighted by molar-refractivity contribution is -0.145. The molecule has 174 valence electrons. The van der Waals surface area contributed by atoms with Gasteiger partial charge in [-0.3, -0.25) is 4.79 Å². The van der Waals surface area contributed by atoms with Gasteiger partial charge in [-0.05, 0) is 31.9 Å². The number of carbonyl (C=O) groups excluding carboxylic acids is 1. The summed E-state index contributed by atoms with van der Waals surface area (Å²) < 4.78 is 96.4. The molecule has 0 radical (unpaired) electrons. The normalized spacial score (nSPS) is 13.7. The van der Waals surface area contributed by atoms with Gasteiger partial charge in [-0.2, -0.15) is 13.9 Å². The summed E-state index contributed by atoms with van der Waals surface area (Å²) >= 11 is 0. The SMILES string of the molecule is C=CCCCOC(=O)C(C)NP(=O)(Oc1ccccc1)Oc1c(F)c(F)c(F)c(F)c1F. The smallest absolute Gasteiger partial charge is 0.465 e. The van der Waals surface area contributed by atoms with E-state index < -0.39 is 54.6 Å². The molecule has 0 heterocycles. The summed E-state index contributed by atoms with van der Waals surface area (Å²) in [6.45, 7) is 4.69. The molecule has 0 saturated heterocycles. The quantitative estimate of drug-likeness (QED) is 0.0881. The van der Waals surface area contributed by atoms with Crippen LogP contribution in [-0.2, 0) is 14.1 Å². The van der Waals surface area contributed by atoms with Gasteiger partial charge < -0.3 is 13.8 Å². The molecule has 12 heteroatoms. The van der Waals surface area contributed by atoms with E-state index in [1.165, 1.54) is 31.2 Å². The summed E-state index contributed by atoms with van der Waals surface area (Å²) in [5, 5.41) is 2.08. The molecule has 32 heavy (non-hydrogen) atoms. The number of para-hydroxylation sites is 1. The fraction of sp³-hybridized carbons (Fsp3) is 0.250. The van der Waals surface area contributed by atoms with E-state index in [-0.39, 0.29) is 12.4 Å². The van der Waals surface area contributed by atoms with Gasteiger partial charge in [-0.25, -0.2) is 17.7 Å². The molecule has 6 nitrogen and oxygen atoms in total. The molecule has 0 aliphatic heterocycles. The maximum absolute atomic E-state index is 14.1. The molecule has 0 saturated carbocycles. The Balaban J connectivity index is 2.33. The molecule has 0 aliphatic carbocycles. The first-order chi connectivity index (χ1) is 15.1. The van der Waals surface area contributed by atoms with Crippen LogP contribution >= 0.6 is 7.75 Å². The molecule has 0 aliphatic rings. The molecule has 2 atom stereocenters. The number of hydrogen-bond donors (Lipinski definition) is 1. The second kappa shape index (κ2) is 11.1. The molecule has 2 rings (SSSR count). The van der Waals surface area contributed by atoms with Gasteiger partial charge >= 0.3 is 13.7 Å². The zero-order valence-electron chi connectivity index (χ0n) is 16.7. The van der Waals surface area contributed by atoms with E-state index >= 15 is 0 Å². The highest BCUT2D eigenvalue weighted by molar-refractivity contribution is 7.52. The van der Waals surface area contributed by atoms with Crippen molar-refractivity contribution in [3.05, 3.63) is 72.1 Å². The number of nitrogens with one attached hydrogen (secondary N) is 1. The minimum absolute atomic E-state index is 0.000778. The van der Waals surface area contributed by atoms with Crippen molar-refractivity contribution < 1.29 is 45.1 Å². The molecule has 2 aromatic carbocycles. The van der Waals surface area contributed by atoms with Crippen LogP contribution in [0.3, 0.4) is 0 Å². The van der Waals surface area contributed by atoms with Gasteiger partial charge in [-0.15, -0.1) is 6.58 Å². The van der Waals surface area contributed by atoms with Crippen LogP contribution in [-0.4, -0.2) is 18.6 Å². The Morgan fingerprint density at radius 3 is 2.16 bits per heavy atom. The van der Waals surface area contributed by atoms with E-state index in [1.54, 1.807) is 12.1 Å². The summed E-state index contributed by atoms with van der Waals surface area (Å²) in [4.78, 5) is 12.1. The fourth-order valence-electron chi connectivity index (χ4n) is 2.29. The van der Waals surface area contributed by atoms with Gasteiger partial charge in [0.25, 0.3) is 0 Å². The third-order valence-corrected chi connectivity index (χ3v) is 5.43. The molecule has 2 aromatic rings. The first kappa shape index (κ1) is 25.4. The Morgan fingerprint density at radius 1 is 1.03 bits per heavy atom. The third kappa shape index (κ3) is 6.30. The molecule has 0 spiro atoms. The summed E-state index contributed by atoms with van der Waals surface area (Å²) in [6, 6.07) is 5.64. The van der Waals surface area contributed by atoms with Crippen molar-refractivity contribution in [3.8, 4) is 11.5 Å². The van der Waals surface area contributed by atoms with Crippen LogP contribution in [0.5, 0.6) is 11.5 Å². The summed E-state index contributed by atoms with van der Waals surface area (Å²) in [7, 11) is -4.93. The van der Waals surface area contributed by atoms with Gasteiger partial charge in [0.2, 0.25) is 34.8 Å². The second-order valence-electron chi connectivity index (χ2n) is 6.34. The van der Waals surface area contributed by atoms with E-state index in [4.69, 9.17) is 9.26 Å². The van der Waals surface area contributed by atoms with Crippen molar-refractivity contribution in [1.82, 2.24) is 5.09 Å². The molecule has 1 N–H and O–H groups in total. The van der Waals surface area contributed by atoms with Crippen LogP contribution in [0.2, 0.25) is 0 Å². The highest BCUT2D eigenvalue weighted by atomic mass is 31.2. The Morgan fingerprint density at radius 2 is 1.59 bits per heavy atom. The highest BCUT2D eigenvalue weighted by Crippen LogP contribution is 2.47. The maximum atomic E-state index is 14.1. The Hall–Kier alpha value is -2.91. The van der Waals surface area contributed by atoms with Gasteiger partial charge in [0, 0.05) is 0 Å². The van der Waals surface area contributed by atoms with Gasteiger partial charge in [0.1, 0.15) is 11.8 Å². The van der Waals surface area contributed by atoms with Crippen LogP contribution in [0.4, 0.5) is 22.0 Å². The van der Waals surface area contributed by atoms with Crippen LogP contribution in [0.15, 0.2) is 43.0 Å². The largest absolute Gasteiger partial charge is 0.513 e. The molecular formula is C20H19F5NO5P. The highest BCUT2D eigenvalue weighted by Gasteiger charge is 2.38. The van der Waals surface area contributed by atoms with Crippen LogP contribution in [0.25, 0.3) is 0 Å². The lowest BCUT2D eigenvalue weighted by Crippen LogP contribution is -2.36. The Bertz CT molecular complexity index is 992. The van der Waals surface area contributed by atoms with Gasteiger partial charge in [0.15, 0.2) is 0 Å². The zero-order chi connectivity index (χ0) is 23.9. The van der Waals surface area contributed by atoms with Gasteiger partial charge in [-0.1, -0.05) is 24.3 Å². The minimum atomic E-state index is -4.93. The van der Waals surface area contributed by atoms with Crippen molar-refractivity contribution in [2.45, 2.75) is 25.8 Å². The molecule has 2 unspecified atom stereocenters. The van der Waals surface area contributed by atoms with Crippen LogP contribution < -0.4 is 14.1 Å². The van der Waals surface area contributed by atoms with E-state index in [1.807, 2.05) is 0 Å². The van der Waals surface area contributed by atoms with E-state index in [0.29, 0.717) is 12.8 Å². The van der Waals surface area contributed by atoms with Crippen LogP contribution in [0, 0.1) is 29.1 Å². The topological polar surface area (TPSA) is 73.9 Å². The van der Waals surface area contributed by atoms with Crippen LogP contribution in [0.1, 0.15) is 19.8 Å². The number of halogens is 5. The number of ether oxygens (including phenoxy) is 1. The van der Waals surface area contributed by atoms with E-state index in [0.717, 1.165) is 0 Å². The number of benzene rings is 2. The van der Waals surface area contributed by atoms with Crippen molar-refractivity contribution >= 4 is 13.7 Å². The molecule has 0 aromatic heterocycles. The first-order valence-electron chi connectivity index (χ1n) is 9.20. The van der Waals surface area contributed by atoms with Crippen molar-refractivity contribution in [3.63, 3.8) is 0 Å². The summed E-state index contributed by atoms with van der Waals surface area (Å²) in [5.74, 6) is -14.7. The standard InChI is InChI=1S/C20H19F5NO5P/c1-3-4-8-11-29-20(27)12(2)26-32(28,30-13-9-6-5-7-10-13)31-19-17(24)15(22)14(21)16(23)18(19)25/h3,5-7,9-10,12H,1,4,8,11H2,2H3,(H,26,28). The maximum Gasteiger partial charge on any atom is 0.513 e. The number of unbranched alkanes of at least 4 members (excludes halogenated alkanes) is 1. The number of hydrogen-bond acceptors (Lipinski definition) is 5. The average molecular weight is 479 g/mol. The second-order valence-corrected chi connectivity index (χ2v) is 7.96. The molecule has 0 amide bonds. The van der Waals surface area contributed by atoms with Crippen molar-refractivity contribution in [2.75, 3.05) is 6.61 Å². The third-order valence-electron chi connectivity index (χ3n) is 3.85. The number of carbonyl (C=O) groups is 1. The Kier molecular flexibility index (Phi) is 8.80.